The first-order valence-electron chi connectivity index (χ1n) is 5.86. The third-order valence-electron chi connectivity index (χ3n) is 2.98. The highest BCUT2D eigenvalue weighted by molar-refractivity contribution is 5.29. The number of likely N-dealkylation sites (N-methyl/N-ethyl adjacent to an activating group) is 1. The number of benzene rings is 1. The minimum atomic E-state index is -4.32. The Balaban J connectivity index is 2.23. The maximum Gasteiger partial charge on any atom is 0.416 e. The molecule has 0 aliphatic heterocycles. The summed E-state index contributed by atoms with van der Waals surface area (Å²) in [7, 11) is 1.73. The molecule has 2 rings (SSSR count). The molecule has 19 heavy (non-hydrogen) atoms. The van der Waals surface area contributed by atoms with Crippen LogP contribution in [0.15, 0.2) is 47.3 Å². The molecule has 1 aromatic heterocycles. The highest BCUT2D eigenvalue weighted by Gasteiger charge is 2.30. The molecule has 0 radical (unpaired) electrons. The Kier molecular flexibility index (Phi) is 3.95. The Hall–Kier alpha value is -1.75. The largest absolute Gasteiger partial charge is 0.472 e. The molecule has 2 nitrogen and oxygen atoms in total. The van der Waals surface area contributed by atoms with Crippen molar-refractivity contribution in [2.75, 3.05) is 7.05 Å². The topological polar surface area (TPSA) is 25.2 Å². The summed E-state index contributed by atoms with van der Waals surface area (Å²) in [6.07, 6.45) is -0.593. The molecule has 2 aromatic rings. The highest BCUT2D eigenvalue weighted by atomic mass is 19.4. The van der Waals surface area contributed by atoms with Gasteiger partial charge in [0.05, 0.1) is 18.1 Å². The summed E-state index contributed by atoms with van der Waals surface area (Å²) >= 11 is 0. The van der Waals surface area contributed by atoms with Crippen LogP contribution in [0.2, 0.25) is 0 Å². The molecule has 0 saturated carbocycles. The Morgan fingerprint density at radius 3 is 2.63 bits per heavy atom. The van der Waals surface area contributed by atoms with Gasteiger partial charge in [-0.1, -0.05) is 12.1 Å². The second-order valence-corrected chi connectivity index (χ2v) is 4.30. The van der Waals surface area contributed by atoms with Crippen LogP contribution in [0.4, 0.5) is 13.2 Å². The minimum Gasteiger partial charge on any atom is -0.472 e. The molecule has 1 atom stereocenters. The zero-order valence-electron chi connectivity index (χ0n) is 10.4. The fourth-order valence-corrected chi connectivity index (χ4v) is 1.96. The zero-order valence-corrected chi connectivity index (χ0v) is 10.4. The van der Waals surface area contributed by atoms with Gasteiger partial charge in [-0.2, -0.15) is 13.2 Å². The van der Waals surface area contributed by atoms with Crippen molar-refractivity contribution in [1.29, 1.82) is 0 Å². The van der Waals surface area contributed by atoms with Gasteiger partial charge in [0.1, 0.15) is 0 Å². The van der Waals surface area contributed by atoms with Gasteiger partial charge in [0, 0.05) is 6.04 Å². The number of alkyl halides is 3. The van der Waals surface area contributed by atoms with E-state index in [1.54, 1.807) is 31.7 Å². The van der Waals surface area contributed by atoms with Crippen LogP contribution in [0, 0.1) is 0 Å². The van der Waals surface area contributed by atoms with E-state index in [1.165, 1.54) is 12.1 Å². The number of hydrogen-bond donors (Lipinski definition) is 1. The van der Waals surface area contributed by atoms with Crippen LogP contribution in [-0.2, 0) is 12.6 Å². The van der Waals surface area contributed by atoms with Gasteiger partial charge >= 0.3 is 6.18 Å². The van der Waals surface area contributed by atoms with E-state index in [9.17, 15) is 13.2 Å². The first kappa shape index (κ1) is 13.7. The fraction of sp³-hybridized carbons (Fsp3) is 0.286. The maximum absolute atomic E-state index is 12.7. The lowest BCUT2D eigenvalue weighted by molar-refractivity contribution is -0.137. The molecular formula is C14H14F3NO. The van der Waals surface area contributed by atoms with Crippen LogP contribution in [0.25, 0.3) is 0 Å². The maximum atomic E-state index is 12.7. The van der Waals surface area contributed by atoms with Crippen molar-refractivity contribution in [3.8, 4) is 0 Å². The predicted molar refractivity (Wildman–Crippen MR) is 65.7 cm³/mol. The molecule has 0 aliphatic carbocycles. The second-order valence-electron chi connectivity index (χ2n) is 4.30. The van der Waals surface area contributed by atoms with E-state index in [0.29, 0.717) is 12.0 Å². The van der Waals surface area contributed by atoms with E-state index in [2.05, 4.69) is 5.32 Å². The molecule has 0 fully saturated rings. The standard InChI is InChI=1S/C14H14F3NO/c1-18-13(7-10-5-6-19-9-10)11-3-2-4-12(8-11)14(15,16)17/h2-6,8-9,13,18H,7H2,1H3. The molecule has 102 valence electrons. The van der Waals surface area contributed by atoms with Crippen molar-refractivity contribution in [2.45, 2.75) is 18.6 Å². The van der Waals surface area contributed by atoms with Gasteiger partial charge in [-0.25, -0.2) is 0 Å². The predicted octanol–water partition coefficient (Wildman–Crippen LogP) is 3.80. The van der Waals surface area contributed by atoms with Gasteiger partial charge in [-0.15, -0.1) is 0 Å². The van der Waals surface area contributed by atoms with E-state index >= 15 is 0 Å². The van der Waals surface area contributed by atoms with Gasteiger partial charge in [0.15, 0.2) is 0 Å². The Morgan fingerprint density at radius 1 is 1.26 bits per heavy atom. The monoisotopic (exact) mass is 269 g/mol. The van der Waals surface area contributed by atoms with Crippen LogP contribution in [0.5, 0.6) is 0 Å². The summed E-state index contributed by atoms with van der Waals surface area (Å²) in [5.74, 6) is 0. The third-order valence-corrected chi connectivity index (χ3v) is 2.98. The average Bonchev–Trinajstić information content (AvgIpc) is 2.88. The van der Waals surface area contributed by atoms with Crippen LogP contribution in [0.3, 0.4) is 0 Å². The van der Waals surface area contributed by atoms with Crippen molar-refractivity contribution >= 4 is 0 Å². The minimum absolute atomic E-state index is 0.181. The molecule has 5 heteroatoms. The third kappa shape index (κ3) is 3.38. The fourth-order valence-electron chi connectivity index (χ4n) is 1.96. The quantitative estimate of drug-likeness (QED) is 0.913. The summed E-state index contributed by atoms with van der Waals surface area (Å²) in [6, 6.07) is 7.00. The lowest BCUT2D eigenvalue weighted by Crippen LogP contribution is -2.19. The Morgan fingerprint density at radius 2 is 2.05 bits per heavy atom. The summed E-state index contributed by atoms with van der Waals surface area (Å²) in [5.41, 5.74) is 0.924. The van der Waals surface area contributed by atoms with Crippen molar-refractivity contribution in [3.63, 3.8) is 0 Å². The second kappa shape index (κ2) is 5.48. The number of furan rings is 1. The first-order valence-corrected chi connectivity index (χ1v) is 5.86. The normalized spacial score (nSPS) is 13.5. The van der Waals surface area contributed by atoms with E-state index in [1.807, 2.05) is 0 Å². The molecule has 1 aromatic carbocycles. The zero-order chi connectivity index (χ0) is 13.9. The van der Waals surface area contributed by atoms with E-state index < -0.39 is 11.7 Å². The molecular weight excluding hydrogens is 255 g/mol. The molecule has 1 N–H and O–H groups in total. The molecule has 1 heterocycles. The molecule has 0 aliphatic rings. The van der Waals surface area contributed by atoms with E-state index in [-0.39, 0.29) is 6.04 Å². The summed E-state index contributed by atoms with van der Waals surface area (Å²) < 4.78 is 43.0. The van der Waals surface area contributed by atoms with Gasteiger partial charge in [-0.3, -0.25) is 0 Å². The number of halogens is 3. The highest BCUT2D eigenvalue weighted by Crippen LogP contribution is 2.31. The first-order chi connectivity index (χ1) is 9.00. The molecule has 0 saturated heterocycles. The lowest BCUT2D eigenvalue weighted by Gasteiger charge is -2.17. The number of hydrogen-bond acceptors (Lipinski definition) is 2. The Labute approximate surface area is 109 Å². The van der Waals surface area contributed by atoms with E-state index in [4.69, 9.17) is 4.42 Å². The summed E-state index contributed by atoms with van der Waals surface area (Å²) in [4.78, 5) is 0. The summed E-state index contributed by atoms with van der Waals surface area (Å²) in [5, 5.41) is 3.03. The van der Waals surface area contributed by atoms with Crippen LogP contribution < -0.4 is 5.32 Å². The number of nitrogens with one attached hydrogen (secondary N) is 1. The lowest BCUT2D eigenvalue weighted by atomic mass is 9.98. The van der Waals surface area contributed by atoms with Crippen molar-refractivity contribution < 1.29 is 17.6 Å². The van der Waals surface area contributed by atoms with Crippen molar-refractivity contribution in [3.05, 3.63) is 59.5 Å². The number of rotatable bonds is 4. The van der Waals surface area contributed by atoms with Crippen LogP contribution >= 0.6 is 0 Å². The molecule has 0 bridgehead atoms. The van der Waals surface area contributed by atoms with Gasteiger partial charge in [-0.05, 0) is 42.8 Å². The average molecular weight is 269 g/mol. The van der Waals surface area contributed by atoms with Gasteiger partial charge in [0.25, 0.3) is 0 Å². The van der Waals surface area contributed by atoms with Crippen molar-refractivity contribution in [1.82, 2.24) is 5.32 Å². The Bertz CT molecular complexity index is 520. The molecule has 1 unspecified atom stereocenters. The van der Waals surface area contributed by atoms with Gasteiger partial charge in [0.2, 0.25) is 0 Å². The smallest absolute Gasteiger partial charge is 0.416 e. The van der Waals surface area contributed by atoms with E-state index in [0.717, 1.165) is 11.6 Å². The SMILES string of the molecule is CNC(Cc1ccoc1)c1cccc(C(F)(F)F)c1. The molecule has 0 spiro atoms. The van der Waals surface area contributed by atoms with Crippen LogP contribution in [-0.4, -0.2) is 7.05 Å². The summed E-state index contributed by atoms with van der Waals surface area (Å²) in [6.45, 7) is 0. The van der Waals surface area contributed by atoms with Crippen molar-refractivity contribution in [2.24, 2.45) is 0 Å². The van der Waals surface area contributed by atoms with Crippen LogP contribution in [0.1, 0.15) is 22.7 Å². The van der Waals surface area contributed by atoms with Gasteiger partial charge < -0.3 is 9.73 Å². The molecule has 0 amide bonds.